The van der Waals surface area contributed by atoms with Gasteiger partial charge in [-0.25, -0.2) is 14.4 Å². The molecule has 0 atom stereocenters. The molecular formula is C20H30FN5S. The van der Waals surface area contributed by atoms with Crippen molar-refractivity contribution in [2.45, 2.75) is 39.8 Å². The second kappa shape index (κ2) is 11.0. The molecule has 0 spiro atoms. The van der Waals surface area contributed by atoms with Gasteiger partial charge in [0.05, 0.1) is 12.2 Å². The molecule has 1 aromatic heterocycles. The average Bonchev–Trinajstić information content (AvgIpc) is 3.11. The third kappa shape index (κ3) is 7.64. The van der Waals surface area contributed by atoms with Crippen molar-refractivity contribution < 1.29 is 4.39 Å². The van der Waals surface area contributed by atoms with Crippen molar-refractivity contribution >= 4 is 17.3 Å². The zero-order valence-electron chi connectivity index (χ0n) is 16.6. The molecule has 0 saturated heterocycles. The molecule has 2 aromatic rings. The SMILES string of the molecule is CCNC(=NCc1nc(C(C)C)cs1)NCCN(C)Cc1ccc(F)cc1. The second-order valence-corrected chi connectivity index (χ2v) is 7.75. The predicted octanol–water partition coefficient (Wildman–Crippen LogP) is 3.59. The number of benzene rings is 1. The summed E-state index contributed by atoms with van der Waals surface area (Å²) in [5.41, 5.74) is 2.23. The Kier molecular flexibility index (Phi) is 8.67. The van der Waals surface area contributed by atoms with Gasteiger partial charge < -0.3 is 15.5 Å². The summed E-state index contributed by atoms with van der Waals surface area (Å²) in [4.78, 5) is 11.4. The van der Waals surface area contributed by atoms with Crippen LogP contribution in [-0.4, -0.2) is 42.5 Å². The standard InChI is InChI=1S/C20H30FN5S/c1-5-22-20(24-12-19-25-18(14-27-19)15(2)3)23-10-11-26(4)13-16-6-8-17(21)9-7-16/h6-9,14-15H,5,10-13H2,1-4H3,(H2,22,23,24). The Bertz CT molecular complexity index is 711. The lowest BCUT2D eigenvalue weighted by atomic mass is 10.2. The minimum Gasteiger partial charge on any atom is -0.357 e. The first-order chi connectivity index (χ1) is 13.0. The molecule has 0 bridgehead atoms. The molecule has 0 aliphatic rings. The summed E-state index contributed by atoms with van der Waals surface area (Å²) in [5.74, 6) is 1.05. The molecule has 2 rings (SSSR count). The third-order valence-corrected chi connectivity index (χ3v) is 4.88. The van der Waals surface area contributed by atoms with Gasteiger partial charge in [0.25, 0.3) is 0 Å². The Balaban J connectivity index is 1.79. The van der Waals surface area contributed by atoms with E-state index in [0.29, 0.717) is 12.5 Å². The maximum atomic E-state index is 13.0. The van der Waals surface area contributed by atoms with Gasteiger partial charge in [0.2, 0.25) is 0 Å². The second-order valence-electron chi connectivity index (χ2n) is 6.81. The number of hydrogen-bond acceptors (Lipinski definition) is 4. The molecule has 0 aliphatic carbocycles. The highest BCUT2D eigenvalue weighted by molar-refractivity contribution is 7.09. The molecule has 1 heterocycles. The lowest BCUT2D eigenvalue weighted by molar-refractivity contribution is 0.331. The summed E-state index contributed by atoms with van der Waals surface area (Å²) in [6.45, 7) is 10.2. The molecule has 1 aromatic carbocycles. The van der Waals surface area contributed by atoms with Crippen LogP contribution >= 0.6 is 11.3 Å². The highest BCUT2D eigenvalue weighted by atomic mass is 32.1. The van der Waals surface area contributed by atoms with Crippen molar-refractivity contribution in [2.24, 2.45) is 4.99 Å². The van der Waals surface area contributed by atoms with Crippen LogP contribution in [0.15, 0.2) is 34.6 Å². The van der Waals surface area contributed by atoms with Gasteiger partial charge >= 0.3 is 0 Å². The summed E-state index contributed by atoms with van der Waals surface area (Å²) in [7, 11) is 2.05. The van der Waals surface area contributed by atoms with Crippen molar-refractivity contribution in [3.05, 3.63) is 51.7 Å². The number of rotatable bonds is 9. The number of hydrogen-bond donors (Lipinski definition) is 2. The van der Waals surface area contributed by atoms with E-state index in [-0.39, 0.29) is 5.82 Å². The summed E-state index contributed by atoms with van der Waals surface area (Å²) in [6, 6.07) is 6.65. The maximum absolute atomic E-state index is 13.0. The molecular weight excluding hydrogens is 361 g/mol. The van der Waals surface area contributed by atoms with E-state index in [1.165, 1.54) is 12.1 Å². The highest BCUT2D eigenvalue weighted by Gasteiger charge is 2.06. The summed E-state index contributed by atoms with van der Waals surface area (Å²) < 4.78 is 13.0. The fourth-order valence-corrected chi connectivity index (χ4v) is 3.38. The Hall–Kier alpha value is -1.99. The van der Waals surface area contributed by atoms with E-state index in [0.717, 1.165) is 48.4 Å². The van der Waals surface area contributed by atoms with Gasteiger partial charge in [0, 0.05) is 31.6 Å². The fraction of sp³-hybridized carbons (Fsp3) is 0.500. The molecule has 2 N–H and O–H groups in total. The molecule has 0 radical (unpaired) electrons. The van der Waals surface area contributed by atoms with Gasteiger partial charge in [-0.3, -0.25) is 0 Å². The molecule has 0 amide bonds. The minimum atomic E-state index is -0.199. The first-order valence-corrected chi connectivity index (χ1v) is 10.2. The fourth-order valence-electron chi connectivity index (χ4n) is 2.50. The lowest BCUT2D eigenvalue weighted by Gasteiger charge is -2.18. The zero-order valence-corrected chi connectivity index (χ0v) is 17.4. The van der Waals surface area contributed by atoms with Crippen LogP contribution < -0.4 is 10.6 Å². The number of aliphatic imine (C=N–C) groups is 1. The number of nitrogens with one attached hydrogen (secondary N) is 2. The normalized spacial score (nSPS) is 12.0. The summed E-state index contributed by atoms with van der Waals surface area (Å²) in [6.07, 6.45) is 0. The van der Waals surface area contributed by atoms with Crippen LogP contribution in [0.2, 0.25) is 0 Å². The van der Waals surface area contributed by atoms with Gasteiger partial charge in [-0.15, -0.1) is 11.3 Å². The van der Waals surface area contributed by atoms with E-state index in [2.05, 4.69) is 58.7 Å². The van der Waals surface area contributed by atoms with Gasteiger partial charge in [0.1, 0.15) is 10.8 Å². The van der Waals surface area contributed by atoms with Gasteiger partial charge in [-0.1, -0.05) is 26.0 Å². The van der Waals surface area contributed by atoms with E-state index in [1.54, 1.807) is 11.3 Å². The monoisotopic (exact) mass is 391 g/mol. The van der Waals surface area contributed by atoms with Gasteiger partial charge in [-0.2, -0.15) is 0 Å². The Morgan fingerprint density at radius 3 is 2.63 bits per heavy atom. The topological polar surface area (TPSA) is 52.6 Å². The minimum absolute atomic E-state index is 0.199. The van der Waals surface area contributed by atoms with E-state index in [9.17, 15) is 4.39 Å². The highest BCUT2D eigenvalue weighted by Crippen LogP contribution is 2.18. The Labute approximate surface area is 165 Å². The molecule has 0 saturated carbocycles. The van der Waals surface area contributed by atoms with Crippen LogP contribution in [0.5, 0.6) is 0 Å². The van der Waals surface area contributed by atoms with Crippen LogP contribution in [0.1, 0.15) is 43.0 Å². The largest absolute Gasteiger partial charge is 0.357 e. The summed E-state index contributed by atoms with van der Waals surface area (Å²) in [5, 5.41) is 9.77. The van der Waals surface area contributed by atoms with Crippen molar-refractivity contribution in [3.8, 4) is 0 Å². The average molecular weight is 392 g/mol. The molecule has 7 heteroatoms. The smallest absolute Gasteiger partial charge is 0.191 e. The van der Waals surface area contributed by atoms with Crippen molar-refractivity contribution in [1.82, 2.24) is 20.5 Å². The summed E-state index contributed by atoms with van der Waals surface area (Å²) >= 11 is 1.66. The molecule has 27 heavy (non-hydrogen) atoms. The van der Waals surface area contributed by atoms with Crippen molar-refractivity contribution in [3.63, 3.8) is 0 Å². The van der Waals surface area contributed by atoms with Crippen molar-refractivity contribution in [1.29, 1.82) is 0 Å². The predicted molar refractivity (Wildman–Crippen MR) is 112 cm³/mol. The van der Waals surface area contributed by atoms with Crippen LogP contribution in [0.25, 0.3) is 0 Å². The van der Waals surface area contributed by atoms with Crippen LogP contribution in [0.3, 0.4) is 0 Å². The third-order valence-electron chi connectivity index (χ3n) is 4.03. The van der Waals surface area contributed by atoms with E-state index >= 15 is 0 Å². The first-order valence-electron chi connectivity index (χ1n) is 9.37. The molecule has 0 fully saturated rings. The number of nitrogens with zero attached hydrogens (tertiary/aromatic N) is 3. The van der Waals surface area contributed by atoms with E-state index < -0.39 is 0 Å². The van der Waals surface area contributed by atoms with Crippen LogP contribution in [-0.2, 0) is 13.1 Å². The first kappa shape index (κ1) is 21.3. The number of aromatic nitrogens is 1. The number of likely N-dealkylation sites (N-methyl/N-ethyl adjacent to an activating group) is 1. The Morgan fingerprint density at radius 2 is 2.00 bits per heavy atom. The molecule has 148 valence electrons. The van der Waals surface area contributed by atoms with E-state index in [1.807, 2.05) is 12.1 Å². The molecule has 0 aliphatic heterocycles. The van der Waals surface area contributed by atoms with Crippen molar-refractivity contribution in [2.75, 3.05) is 26.7 Å². The van der Waals surface area contributed by atoms with E-state index in [4.69, 9.17) is 0 Å². The van der Waals surface area contributed by atoms with Gasteiger partial charge in [0.15, 0.2) is 5.96 Å². The lowest BCUT2D eigenvalue weighted by Crippen LogP contribution is -2.40. The Morgan fingerprint density at radius 1 is 1.26 bits per heavy atom. The number of guanidine groups is 1. The number of halogens is 1. The quantitative estimate of drug-likeness (QED) is 0.507. The number of thiazole rings is 1. The van der Waals surface area contributed by atoms with Gasteiger partial charge in [-0.05, 0) is 37.6 Å². The van der Waals surface area contributed by atoms with Crippen LogP contribution in [0.4, 0.5) is 4.39 Å². The molecule has 5 nitrogen and oxygen atoms in total. The maximum Gasteiger partial charge on any atom is 0.191 e. The molecule has 0 unspecified atom stereocenters. The zero-order chi connectivity index (χ0) is 19.6. The van der Waals surface area contributed by atoms with Crippen LogP contribution in [0, 0.1) is 5.82 Å².